The van der Waals surface area contributed by atoms with E-state index in [4.69, 9.17) is 26.3 Å². The van der Waals surface area contributed by atoms with Crippen LogP contribution in [0.4, 0.5) is 5.82 Å². The molecule has 5 rings (SSSR count). The van der Waals surface area contributed by atoms with Gasteiger partial charge in [0.2, 0.25) is 5.91 Å². The third kappa shape index (κ3) is 5.00. The Labute approximate surface area is 201 Å². The summed E-state index contributed by atoms with van der Waals surface area (Å²) in [4.78, 5) is 27.4. The monoisotopic (exact) mass is 478 g/mol. The minimum absolute atomic E-state index is 0.0178. The second-order valence-corrected chi connectivity index (χ2v) is 9.24. The Morgan fingerprint density at radius 3 is 2.58 bits per heavy atom. The number of hydrogen-bond donors (Lipinski definition) is 0. The SMILES string of the molecule is O=C(COCc1ccccc1)N1CCN(c2nc(-c3cccs3)nc3cc(Cl)ccc23)CC1. The molecule has 4 aromatic rings. The highest BCUT2D eigenvalue weighted by Crippen LogP contribution is 2.31. The van der Waals surface area contributed by atoms with Crippen LogP contribution >= 0.6 is 22.9 Å². The Morgan fingerprint density at radius 2 is 1.82 bits per heavy atom. The summed E-state index contributed by atoms with van der Waals surface area (Å²) in [6, 6.07) is 19.6. The molecule has 0 aliphatic carbocycles. The van der Waals surface area contributed by atoms with Gasteiger partial charge in [-0.3, -0.25) is 4.79 Å². The van der Waals surface area contributed by atoms with Gasteiger partial charge in [-0.2, -0.15) is 0 Å². The fourth-order valence-corrected chi connectivity index (χ4v) is 4.76. The van der Waals surface area contributed by atoms with Crippen LogP contribution in [0.5, 0.6) is 0 Å². The van der Waals surface area contributed by atoms with E-state index in [1.165, 1.54) is 0 Å². The van der Waals surface area contributed by atoms with Gasteiger partial charge >= 0.3 is 0 Å². The molecule has 1 aliphatic heterocycles. The van der Waals surface area contributed by atoms with Crippen LogP contribution in [0.25, 0.3) is 21.6 Å². The number of nitrogens with zero attached hydrogens (tertiary/aromatic N) is 4. The van der Waals surface area contributed by atoms with Crippen LogP contribution in [0.3, 0.4) is 0 Å². The number of thiophene rings is 1. The zero-order valence-electron chi connectivity index (χ0n) is 18.0. The molecule has 33 heavy (non-hydrogen) atoms. The third-order valence-corrected chi connectivity index (χ3v) is 6.75. The number of rotatable bonds is 6. The molecule has 0 saturated carbocycles. The lowest BCUT2D eigenvalue weighted by atomic mass is 10.2. The molecule has 0 unspecified atom stereocenters. The van der Waals surface area contributed by atoms with Crippen LogP contribution in [0, 0.1) is 0 Å². The first kappa shape index (κ1) is 21.8. The first-order valence-electron chi connectivity index (χ1n) is 10.8. The lowest BCUT2D eigenvalue weighted by molar-refractivity contribution is -0.136. The molecule has 8 heteroatoms. The topological polar surface area (TPSA) is 58.6 Å². The molecule has 0 spiro atoms. The number of hydrogen-bond acceptors (Lipinski definition) is 6. The van der Waals surface area contributed by atoms with Gasteiger partial charge in [0.15, 0.2) is 5.82 Å². The van der Waals surface area contributed by atoms with Crippen molar-refractivity contribution in [3.63, 3.8) is 0 Å². The lowest BCUT2D eigenvalue weighted by Crippen LogP contribution is -2.50. The molecule has 0 radical (unpaired) electrons. The van der Waals surface area contributed by atoms with Gasteiger partial charge in [-0.1, -0.05) is 48.0 Å². The molecule has 1 fully saturated rings. The molecule has 0 N–H and O–H groups in total. The number of amides is 1. The minimum Gasteiger partial charge on any atom is -0.367 e. The molecule has 0 bridgehead atoms. The lowest BCUT2D eigenvalue weighted by Gasteiger charge is -2.36. The van der Waals surface area contributed by atoms with Crippen molar-refractivity contribution in [2.24, 2.45) is 0 Å². The van der Waals surface area contributed by atoms with Gasteiger partial charge in [0, 0.05) is 36.6 Å². The van der Waals surface area contributed by atoms with Crippen molar-refractivity contribution in [1.29, 1.82) is 0 Å². The van der Waals surface area contributed by atoms with E-state index in [1.807, 2.05) is 70.9 Å². The van der Waals surface area contributed by atoms with E-state index in [2.05, 4.69) is 4.90 Å². The molecule has 0 atom stereocenters. The quantitative estimate of drug-likeness (QED) is 0.395. The van der Waals surface area contributed by atoms with Crippen molar-refractivity contribution < 1.29 is 9.53 Å². The third-order valence-electron chi connectivity index (χ3n) is 5.65. The highest BCUT2D eigenvalue weighted by atomic mass is 35.5. The van der Waals surface area contributed by atoms with Gasteiger partial charge < -0.3 is 14.5 Å². The van der Waals surface area contributed by atoms with Crippen molar-refractivity contribution in [3.05, 3.63) is 76.6 Å². The summed E-state index contributed by atoms with van der Waals surface area (Å²) in [6.45, 7) is 3.17. The summed E-state index contributed by atoms with van der Waals surface area (Å²) in [7, 11) is 0. The Balaban J connectivity index is 1.27. The molecule has 1 saturated heterocycles. The van der Waals surface area contributed by atoms with Crippen molar-refractivity contribution in [2.75, 3.05) is 37.7 Å². The van der Waals surface area contributed by atoms with E-state index < -0.39 is 0 Å². The number of benzene rings is 2. The first-order valence-corrected chi connectivity index (χ1v) is 12.1. The largest absolute Gasteiger partial charge is 0.367 e. The normalized spacial score (nSPS) is 14.1. The average Bonchev–Trinajstić information content (AvgIpc) is 3.39. The standard InChI is InChI=1S/C25H23ClN4O2S/c26-19-8-9-20-21(15-19)27-24(22-7-4-14-33-22)28-25(20)30-12-10-29(11-13-30)23(31)17-32-16-18-5-2-1-3-6-18/h1-9,14-15H,10-13,16-17H2. The van der Waals surface area contributed by atoms with E-state index in [9.17, 15) is 4.79 Å². The molecule has 6 nitrogen and oxygen atoms in total. The number of ether oxygens (including phenoxy) is 1. The van der Waals surface area contributed by atoms with Gasteiger partial charge in [-0.25, -0.2) is 9.97 Å². The van der Waals surface area contributed by atoms with Gasteiger partial charge in [0.25, 0.3) is 0 Å². The van der Waals surface area contributed by atoms with Gasteiger partial charge in [-0.05, 0) is 35.2 Å². The summed E-state index contributed by atoms with van der Waals surface area (Å²) >= 11 is 7.85. The van der Waals surface area contributed by atoms with E-state index in [1.54, 1.807) is 11.3 Å². The number of carbonyl (C=O) groups is 1. The Hall–Kier alpha value is -3.00. The summed E-state index contributed by atoms with van der Waals surface area (Å²) in [5.41, 5.74) is 1.89. The van der Waals surface area contributed by atoms with Gasteiger partial charge in [0.05, 0.1) is 17.0 Å². The predicted octanol–water partition coefficient (Wildman–Crippen LogP) is 4.88. The minimum atomic E-state index is 0.0178. The molecular weight excluding hydrogens is 456 g/mol. The second-order valence-electron chi connectivity index (χ2n) is 7.86. The summed E-state index contributed by atoms with van der Waals surface area (Å²) in [5.74, 6) is 1.60. The molecular formula is C25H23ClN4O2S. The number of carbonyl (C=O) groups excluding carboxylic acids is 1. The maximum atomic E-state index is 12.6. The molecule has 1 aliphatic rings. The number of piperazine rings is 1. The molecule has 2 aromatic carbocycles. The summed E-state index contributed by atoms with van der Waals surface area (Å²) < 4.78 is 5.64. The number of aromatic nitrogens is 2. The number of anilines is 1. The van der Waals surface area contributed by atoms with Crippen molar-refractivity contribution >= 4 is 45.6 Å². The average molecular weight is 479 g/mol. The molecule has 168 valence electrons. The Morgan fingerprint density at radius 1 is 1.00 bits per heavy atom. The smallest absolute Gasteiger partial charge is 0.248 e. The molecule has 1 amide bonds. The molecule has 3 heterocycles. The van der Waals surface area contributed by atoms with Crippen molar-refractivity contribution in [1.82, 2.24) is 14.9 Å². The fourth-order valence-electron chi connectivity index (χ4n) is 3.93. The second kappa shape index (κ2) is 9.87. The van der Waals surface area contributed by atoms with Crippen LogP contribution in [0.1, 0.15) is 5.56 Å². The van der Waals surface area contributed by atoms with E-state index >= 15 is 0 Å². The van der Waals surface area contributed by atoms with Crippen LogP contribution < -0.4 is 4.90 Å². The van der Waals surface area contributed by atoms with Crippen LogP contribution in [0.15, 0.2) is 66.0 Å². The van der Waals surface area contributed by atoms with E-state index in [0.29, 0.717) is 43.6 Å². The van der Waals surface area contributed by atoms with Gasteiger partial charge in [-0.15, -0.1) is 11.3 Å². The fraction of sp³-hybridized carbons (Fsp3) is 0.240. The highest BCUT2D eigenvalue weighted by Gasteiger charge is 2.24. The van der Waals surface area contributed by atoms with E-state index in [-0.39, 0.29) is 12.5 Å². The number of fused-ring (bicyclic) bond motifs is 1. The zero-order chi connectivity index (χ0) is 22.6. The van der Waals surface area contributed by atoms with Crippen LogP contribution in [-0.4, -0.2) is 53.6 Å². The number of halogens is 1. The predicted molar refractivity (Wildman–Crippen MR) is 133 cm³/mol. The van der Waals surface area contributed by atoms with Crippen LogP contribution in [0.2, 0.25) is 5.02 Å². The van der Waals surface area contributed by atoms with E-state index in [0.717, 1.165) is 27.2 Å². The Bertz CT molecular complexity index is 1240. The Kier molecular flexibility index (Phi) is 6.53. The maximum absolute atomic E-state index is 12.6. The highest BCUT2D eigenvalue weighted by molar-refractivity contribution is 7.13. The summed E-state index contributed by atoms with van der Waals surface area (Å²) in [6.07, 6.45) is 0. The van der Waals surface area contributed by atoms with Crippen molar-refractivity contribution in [3.8, 4) is 10.7 Å². The van der Waals surface area contributed by atoms with Crippen LogP contribution in [-0.2, 0) is 16.1 Å². The summed E-state index contributed by atoms with van der Waals surface area (Å²) in [5, 5.41) is 3.63. The molecule has 2 aromatic heterocycles. The maximum Gasteiger partial charge on any atom is 0.248 e. The first-order chi connectivity index (χ1) is 16.2. The van der Waals surface area contributed by atoms with Crippen molar-refractivity contribution in [2.45, 2.75) is 6.61 Å². The van der Waals surface area contributed by atoms with Gasteiger partial charge in [0.1, 0.15) is 12.4 Å². The zero-order valence-corrected chi connectivity index (χ0v) is 19.6.